The van der Waals surface area contributed by atoms with Crippen LogP contribution >= 0.6 is 11.3 Å². The smallest absolute Gasteiger partial charge is 0.267 e. The number of nitrogen functional groups attached to an aromatic ring is 1. The molecule has 33 heavy (non-hydrogen) atoms. The number of fused-ring (bicyclic) bond motifs is 1. The number of aromatic nitrogens is 1. The molecule has 162 valence electrons. The van der Waals surface area contributed by atoms with Gasteiger partial charge in [-0.2, -0.15) is 0 Å². The number of nitrogens with zero attached hydrogens (tertiary/aromatic N) is 1. The Labute approximate surface area is 192 Å². The molecule has 0 radical (unpaired) electrons. The third kappa shape index (κ3) is 3.77. The molecular formula is C25H18N4O3S. The summed E-state index contributed by atoms with van der Waals surface area (Å²) in [5.41, 5.74) is 8.27. The number of hydrogen-bond donors (Lipinski definition) is 3. The predicted molar refractivity (Wildman–Crippen MR) is 133 cm³/mol. The van der Waals surface area contributed by atoms with E-state index in [1.807, 2.05) is 41.8 Å². The molecule has 5 rings (SSSR count). The van der Waals surface area contributed by atoms with Crippen LogP contribution in [0.3, 0.4) is 0 Å². The molecule has 0 aliphatic carbocycles. The van der Waals surface area contributed by atoms with Gasteiger partial charge in [-0.3, -0.25) is 19.4 Å². The molecule has 0 bridgehead atoms. The second-order valence-corrected chi connectivity index (χ2v) is 8.40. The second kappa shape index (κ2) is 8.33. The number of pyridine rings is 1. The lowest BCUT2D eigenvalue weighted by Crippen LogP contribution is -2.35. The van der Waals surface area contributed by atoms with Gasteiger partial charge in [0, 0.05) is 23.8 Å². The van der Waals surface area contributed by atoms with E-state index in [0.717, 1.165) is 22.2 Å². The molecule has 0 atom stereocenters. The number of carbonyl (C=O) groups excluding carboxylic acids is 1. The van der Waals surface area contributed by atoms with Gasteiger partial charge in [-0.15, -0.1) is 11.3 Å². The minimum absolute atomic E-state index is 0.0446. The molecule has 0 saturated carbocycles. The highest BCUT2D eigenvalue weighted by molar-refractivity contribution is 7.12. The summed E-state index contributed by atoms with van der Waals surface area (Å²) in [7, 11) is 0. The normalized spacial score (nSPS) is 11.0. The van der Waals surface area contributed by atoms with Crippen LogP contribution in [0.5, 0.6) is 0 Å². The van der Waals surface area contributed by atoms with Crippen molar-refractivity contribution in [3.05, 3.63) is 103 Å². The second-order valence-electron chi connectivity index (χ2n) is 7.49. The SMILES string of the molecule is Nc1c(-c2cccc(NC(=O)c3sccc3NCc3ccnc4ccccc34)c2)c(=O)c1=O. The summed E-state index contributed by atoms with van der Waals surface area (Å²) in [6.45, 7) is 0.541. The van der Waals surface area contributed by atoms with Crippen molar-refractivity contribution in [3.8, 4) is 11.1 Å². The number of nitrogens with two attached hydrogens (primary N) is 1. The molecule has 0 aliphatic rings. The average Bonchev–Trinajstić information content (AvgIpc) is 3.32. The van der Waals surface area contributed by atoms with Gasteiger partial charge in [0.1, 0.15) is 4.88 Å². The Morgan fingerprint density at radius 1 is 1.00 bits per heavy atom. The molecule has 7 nitrogen and oxygen atoms in total. The van der Waals surface area contributed by atoms with Crippen molar-refractivity contribution in [2.45, 2.75) is 6.54 Å². The first-order valence-electron chi connectivity index (χ1n) is 10.2. The number of benzene rings is 2. The number of anilines is 3. The fourth-order valence-electron chi connectivity index (χ4n) is 3.76. The third-order valence-corrected chi connectivity index (χ3v) is 6.35. The standard InChI is InChI=1S/C25H18N4O3S/c26-21-20(22(30)23(21)31)14-4-3-5-16(12-14)29-25(32)24-19(9-11-33-24)28-13-15-8-10-27-18-7-2-1-6-17(15)18/h1-12,28H,13,26H2,(H,29,32). The van der Waals surface area contributed by atoms with Gasteiger partial charge >= 0.3 is 0 Å². The highest BCUT2D eigenvalue weighted by atomic mass is 32.1. The quantitative estimate of drug-likeness (QED) is 0.334. The topological polar surface area (TPSA) is 114 Å². The van der Waals surface area contributed by atoms with Crippen molar-refractivity contribution < 1.29 is 4.79 Å². The molecule has 0 aliphatic heterocycles. The lowest BCUT2D eigenvalue weighted by Gasteiger charge is -2.11. The Kier molecular flexibility index (Phi) is 5.20. The van der Waals surface area contributed by atoms with E-state index in [1.165, 1.54) is 11.3 Å². The zero-order valence-electron chi connectivity index (χ0n) is 17.3. The maximum Gasteiger partial charge on any atom is 0.267 e. The molecule has 1 amide bonds. The molecule has 5 aromatic rings. The van der Waals surface area contributed by atoms with Gasteiger partial charge < -0.3 is 16.4 Å². The summed E-state index contributed by atoms with van der Waals surface area (Å²) in [5.74, 6) is -0.276. The number of rotatable bonds is 6. The molecule has 0 fully saturated rings. The fourth-order valence-corrected chi connectivity index (χ4v) is 4.53. The van der Waals surface area contributed by atoms with E-state index in [9.17, 15) is 14.4 Å². The van der Waals surface area contributed by atoms with E-state index in [-0.39, 0.29) is 17.2 Å². The number of nitrogens with one attached hydrogen (secondary N) is 2. The Morgan fingerprint density at radius 3 is 2.70 bits per heavy atom. The van der Waals surface area contributed by atoms with Gasteiger partial charge in [-0.25, -0.2) is 0 Å². The molecule has 0 saturated heterocycles. The summed E-state index contributed by atoms with van der Waals surface area (Å²) in [6.07, 6.45) is 1.77. The molecular weight excluding hydrogens is 436 g/mol. The van der Waals surface area contributed by atoms with Crippen molar-refractivity contribution in [3.63, 3.8) is 0 Å². The van der Waals surface area contributed by atoms with Gasteiger partial charge in [0.25, 0.3) is 5.91 Å². The van der Waals surface area contributed by atoms with E-state index >= 15 is 0 Å². The van der Waals surface area contributed by atoms with Crippen LogP contribution in [0, 0.1) is 0 Å². The summed E-state index contributed by atoms with van der Waals surface area (Å²) in [5, 5.41) is 9.12. The van der Waals surface area contributed by atoms with Crippen LogP contribution in [-0.4, -0.2) is 10.9 Å². The van der Waals surface area contributed by atoms with Crippen molar-refractivity contribution in [2.24, 2.45) is 0 Å². The van der Waals surface area contributed by atoms with Crippen LogP contribution in [0.25, 0.3) is 22.0 Å². The molecule has 2 aromatic heterocycles. The number of carbonyl (C=O) groups is 1. The lowest BCUT2D eigenvalue weighted by molar-refractivity contribution is 0.103. The summed E-state index contributed by atoms with van der Waals surface area (Å²) in [4.78, 5) is 41.1. The van der Waals surface area contributed by atoms with Gasteiger partial charge in [-0.1, -0.05) is 30.3 Å². The number of para-hydroxylation sites is 1. The Morgan fingerprint density at radius 2 is 1.85 bits per heavy atom. The molecule has 0 unspecified atom stereocenters. The third-order valence-electron chi connectivity index (χ3n) is 5.44. The fraction of sp³-hybridized carbons (Fsp3) is 0.0400. The van der Waals surface area contributed by atoms with Crippen molar-refractivity contribution >= 4 is 45.2 Å². The van der Waals surface area contributed by atoms with E-state index in [4.69, 9.17) is 5.73 Å². The Balaban J connectivity index is 1.33. The molecule has 4 N–H and O–H groups in total. The zero-order valence-corrected chi connectivity index (χ0v) is 18.1. The van der Waals surface area contributed by atoms with Crippen molar-refractivity contribution in [1.29, 1.82) is 0 Å². The molecule has 8 heteroatoms. The number of hydrogen-bond acceptors (Lipinski definition) is 7. The molecule has 2 heterocycles. The Bertz CT molecular complexity index is 1580. The van der Waals surface area contributed by atoms with Gasteiger partial charge in [0.2, 0.25) is 10.9 Å². The minimum atomic E-state index is -0.671. The van der Waals surface area contributed by atoms with Crippen LogP contribution in [0.2, 0.25) is 0 Å². The van der Waals surface area contributed by atoms with Crippen LogP contribution in [0.15, 0.2) is 81.8 Å². The van der Waals surface area contributed by atoms with Gasteiger partial charge in [-0.05, 0) is 46.8 Å². The zero-order chi connectivity index (χ0) is 22.9. The highest BCUT2D eigenvalue weighted by Crippen LogP contribution is 2.27. The maximum absolute atomic E-state index is 13.0. The number of amides is 1. The van der Waals surface area contributed by atoms with Gasteiger partial charge in [0.05, 0.1) is 22.5 Å². The monoisotopic (exact) mass is 454 g/mol. The Hall–Kier alpha value is -4.30. The molecule has 3 aromatic carbocycles. The first-order valence-corrected chi connectivity index (χ1v) is 11.1. The molecule has 0 spiro atoms. The minimum Gasteiger partial charge on any atom is -0.395 e. The van der Waals surface area contributed by atoms with E-state index in [1.54, 1.807) is 30.5 Å². The van der Waals surface area contributed by atoms with E-state index in [0.29, 0.717) is 22.7 Å². The van der Waals surface area contributed by atoms with Crippen LogP contribution in [0.4, 0.5) is 17.1 Å². The summed E-state index contributed by atoms with van der Waals surface area (Å²) >= 11 is 1.33. The highest BCUT2D eigenvalue weighted by Gasteiger charge is 2.20. The number of thiophene rings is 1. The summed E-state index contributed by atoms with van der Waals surface area (Å²) < 4.78 is 0. The van der Waals surface area contributed by atoms with Crippen molar-refractivity contribution in [2.75, 3.05) is 16.4 Å². The first-order chi connectivity index (χ1) is 16.0. The van der Waals surface area contributed by atoms with Crippen LogP contribution in [-0.2, 0) is 6.54 Å². The average molecular weight is 455 g/mol. The predicted octanol–water partition coefficient (Wildman–Crippen LogP) is 4.01. The van der Waals surface area contributed by atoms with E-state index < -0.39 is 10.9 Å². The lowest BCUT2D eigenvalue weighted by atomic mass is 9.98. The summed E-state index contributed by atoms with van der Waals surface area (Å²) in [6, 6.07) is 18.5. The van der Waals surface area contributed by atoms with Crippen molar-refractivity contribution in [1.82, 2.24) is 4.98 Å². The first kappa shape index (κ1) is 20.6. The van der Waals surface area contributed by atoms with Crippen LogP contribution in [0.1, 0.15) is 15.2 Å². The van der Waals surface area contributed by atoms with E-state index in [2.05, 4.69) is 15.6 Å². The largest absolute Gasteiger partial charge is 0.395 e. The van der Waals surface area contributed by atoms with Crippen LogP contribution < -0.4 is 27.2 Å². The maximum atomic E-state index is 13.0. The van der Waals surface area contributed by atoms with Gasteiger partial charge in [0.15, 0.2) is 0 Å².